The van der Waals surface area contributed by atoms with Crippen LogP contribution in [0.5, 0.6) is 5.75 Å². The van der Waals surface area contributed by atoms with E-state index in [1.807, 2.05) is 12.5 Å². The number of hydrogen-bond acceptors (Lipinski definition) is 4. The highest BCUT2D eigenvalue weighted by molar-refractivity contribution is 7.98. The Bertz CT molecular complexity index is 979. The van der Waals surface area contributed by atoms with Crippen molar-refractivity contribution in [2.75, 3.05) is 19.3 Å². The Labute approximate surface area is 177 Å². The molecular formula is C25H26N2OS. The minimum Gasteiger partial charge on any atom is -0.488 e. The Hall–Kier alpha value is -2.30. The van der Waals surface area contributed by atoms with Crippen LogP contribution in [0.4, 0.5) is 0 Å². The Morgan fingerprint density at radius 2 is 1.76 bits per heavy atom. The van der Waals surface area contributed by atoms with Crippen LogP contribution in [0.25, 0.3) is 11.1 Å². The summed E-state index contributed by atoms with van der Waals surface area (Å²) in [7, 11) is 0. The molecule has 3 nitrogen and oxygen atoms in total. The van der Waals surface area contributed by atoms with Crippen LogP contribution in [0.15, 0.2) is 65.8 Å². The number of nitrogens with zero attached hydrogens (tertiary/aromatic N) is 2. The predicted octanol–water partition coefficient (Wildman–Crippen LogP) is 5.22. The summed E-state index contributed by atoms with van der Waals surface area (Å²) in [6.07, 6.45) is 8.09. The van der Waals surface area contributed by atoms with Gasteiger partial charge in [-0.25, -0.2) is 4.98 Å². The zero-order valence-electron chi connectivity index (χ0n) is 16.8. The van der Waals surface area contributed by atoms with Gasteiger partial charge in [0.05, 0.1) is 5.03 Å². The van der Waals surface area contributed by atoms with E-state index >= 15 is 0 Å². The molecule has 0 N–H and O–H groups in total. The molecule has 1 saturated heterocycles. The van der Waals surface area contributed by atoms with E-state index < -0.39 is 0 Å². The maximum Gasteiger partial charge on any atom is 0.124 e. The predicted molar refractivity (Wildman–Crippen MR) is 120 cm³/mol. The van der Waals surface area contributed by atoms with Crippen molar-refractivity contribution in [1.29, 1.82) is 0 Å². The molecule has 2 aliphatic rings. The first-order valence-corrected chi connectivity index (χ1v) is 11.6. The van der Waals surface area contributed by atoms with E-state index in [4.69, 9.17) is 4.74 Å². The van der Waals surface area contributed by atoms with Crippen LogP contribution in [0, 0.1) is 0 Å². The molecule has 1 aromatic heterocycles. The maximum absolute atomic E-state index is 6.16. The second kappa shape index (κ2) is 8.21. The highest BCUT2D eigenvalue weighted by Crippen LogP contribution is 2.27. The van der Waals surface area contributed by atoms with Crippen molar-refractivity contribution in [1.82, 2.24) is 9.88 Å². The summed E-state index contributed by atoms with van der Waals surface area (Å²) in [6, 6.07) is 19.6. The van der Waals surface area contributed by atoms with Crippen molar-refractivity contribution in [3.05, 3.63) is 77.5 Å². The topological polar surface area (TPSA) is 25.4 Å². The average molecular weight is 403 g/mol. The quantitative estimate of drug-likeness (QED) is 0.528. The molecule has 2 aromatic carbocycles. The highest BCUT2D eigenvalue weighted by atomic mass is 32.2. The molecule has 148 valence electrons. The molecule has 0 saturated carbocycles. The Morgan fingerprint density at radius 1 is 0.966 bits per heavy atom. The number of likely N-dealkylation sites (tertiary alicyclic amines) is 1. The first kappa shape index (κ1) is 18.7. The van der Waals surface area contributed by atoms with Crippen LogP contribution < -0.4 is 4.74 Å². The van der Waals surface area contributed by atoms with Crippen molar-refractivity contribution < 1.29 is 4.74 Å². The lowest BCUT2D eigenvalue weighted by atomic mass is 10.0. The molecule has 1 aliphatic heterocycles. The standard InChI is InChI=1S/C25H26N2OS/c1-29-25-12-9-22(14-26-25)20-7-10-23(11-8-20)28-24-16-27(17-24)15-18-5-6-19-3-2-4-21(19)13-18/h5-14,24H,2-4,15-17H2,1H3. The van der Waals surface area contributed by atoms with Gasteiger partial charge in [-0.1, -0.05) is 36.4 Å². The van der Waals surface area contributed by atoms with Gasteiger partial charge in [0.25, 0.3) is 0 Å². The lowest BCUT2D eigenvalue weighted by Crippen LogP contribution is -2.53. The summed E-state index contributed by atoms with van der Waals surface area (Å²) in [5, 5.41) is 1.04. The van der Waals surface area contributed by atoms with Crippen molar-refractivity contribution in [3.63, 3.8) is 0 Å². The number of fused-ring (bicyclic) bond motifs is 1. The largest absolute Gasteiger partial charge is 0.488 e. The molecule has 0 amide bonds. The molecule has 2 heterocycles. The molecule has 0 spiro atoms. The van der Waals surface area contributed by atoms with Gasteiger partial charge in [-0.2, -0.15) is 0 Å². The van der Waals surface area contributed by atoms with Crippen LogP contribution in [-0.4, -0.2) is 35.3 Å². The number of benzene rings is 2. The highest BCUT2D eigenvalue weighted by Gasteiger charge is 2.28. The maximum atomic E-state index is 6.16. The molecule has 3 aromatic rings. The molecule has 0 atom stereocenters. The SMILES string of the molecule is CSc1ccc(-c2ccc(OC3CN(Cc4ccc5c(c4)CCC5)C3)cc2)cn1. The third kappa shape index (κ3) is 4.19. The van der Waals surface area contributed by atoms with Crippen molar-refractivity contribution in [3.8, 4) is 16.9 Å². The molecule has 0 unspecified atom stereocenters. The number of pyridine rings is 1. The summed E-state index contributed by atoms with van der Waals surface area (Å²) in [5.74, 6) is 0.949. The van der Waals surface area contributed by atoms with Gasteiger partial charge < -0.3 is 4.74 Å². The van der Waals surface area contributed by atoms with Gasteiger partial charge in [0.1, 0.15) is 11.9 Å². The smallest absolute Gasteiger partial charge is 0.124 e. The van der Waals surface area contributed by atoms with E-state index in [1.54, 1.807) is 22.9 Å². The minimum absolute atomic E-state index is 0.290. The van der Waals surface area contributed by atoms with Gasteiger partial charge in [0.2, 0.25) is 0 Å². The summed E-state index contributed by atoms with van der Waals surface area (Å²) < 4.78 is 6.16. The summed E-state index contributed by atoms with van der Waals surface area (Å²) in [5.41, 5.74) is 6.87. The van der Waals surface area contributed by atoms with Crippen LogP contribution in [0.1, 0.15) is 23.1 Å². The number of ether oxygens (including phenoxy) is 1. The number of aromatic nitrogens is 1. The molecule has 1 aliphatic carbocycles. The normalized spacial score (nSPS) is 16.4. The molecule has 29 heavy (non-hydrogen) atoms. The van der Waals surface area contributed by atoms with Gasteiger partial charge in [-0.3, -0.25) is 4.90 Å². The first-order valence-electron chi connectivity index (χ1n) is 10.4. The van der Waals surface area contributed by atoms with E-state index in [1.165, 1.54) is 30.4 Å². The molecular weight excluding hydrogens is 376 g/mol. The fourth-order valence-electron chi connectivity index (χ4n) is 4.30. The first-order chi connectivity index (χ1) is 14.3. The Kier molecular flexibility index (Phi) is 5.30. The second-order valence-electron chi connectivity index (χ2n) is 8.00. The molecule has 5 rings (SSSR count). The molecule has 1 fully saturated rings. The second-order valence-corrected chi connectivity index (χ2v) is 8.83. The lowest BCUT2D eigenvalue weighted by Gasteiger charge is -2.39. The van der Waals surface area contributed by atoms with Gasteiger partial charge in [-0.15, -0.1) is 11.8 Å². The fraction of sp³-hybridized carbons (Fsp3) is 0.320. The van der Waals surface area contributed by atoms with Crippen LogP contribution in [0.2, 0.25) is 0 Å². The molecule has 0 bridgehead atoms. The summed E-state index contributed by atoms with van der Waals surface area (Å²) >= 11 is 1.66. The number of aryl methyl sites for hydroxylation is 2. The zero-order chi connectivity index (χ0) is 19.6. The van der Waals surface area contributed by atoms with Crippen LogP contribution >= 0.6 is 11.8 Å². The Morgan fingerprint density at radius 3 is 2.52 bits per heavy atom. The molecule has 0 radical (unpaired) electrons. The van der Waals surface area contributed by atoms with Gasteiger partial charge in [-0.05, 0) is 66.0 Å². The Balaban J connectivity index is 1.13. The lowest BCUT2D eigenvalue weighted by molar-refractivity contribution is 0.0146. The van der Waals surface area contributed by atoms with Crippen molar-refractivity contribution in [2.45, 2.75) is 36.9 Å². The van der Waals surface area contributed by atoms with Crippen LogP contribution in [0.3, 0.4) is 0 Å². The summed E-state index contributed by atoms with van der Waals surface area (Å²) in [4.78, 5) is 6.92. The summed E-state index contributed by atoms with van der Waals surface area (Å²) in [6.45, 7) is 3.03. The number of hydrogen-bond donors (Lipinski definition) is 0. The monoisotopic (exact) mass is 402 g/mol. The number of rotatable bonds is 6. The third-order valence-electron chi connectivity index (χ3n) is 5.93. The van der Waals surface area contributed by atoms with E-state index in [9.17, 15) is 0 Å². The van der Waals surface area contributed by atoms with E-state index in [0.717, 1.165) is 36.0 Å². The number of thioether (sulfide) groups is 1. The van der Waals surface area contributed by atoms with E-state index in [0.29, 0.717) is 0 Å². The zero-order valence-corrected chi connectivity index (χ0v) is 17.6. The van der Waals surface area contributed by atoms with Crippen molar-refractivity contribution >= 4 is 11.8 Å². The van der Waals surface area contributed by atoms with Crippen molar-refractivity contribution in [2.24, 2.45) is 0 Å². The van der Waals surface area contributed by atoms with Gasteiger partial charge in [0, 0.05) is 31.4 Å². The molecule has 4 heteroatoms. The third-order valence-corrected chi connectivity index (χ3v) is 6.59. The minimum atomic E-state index is 0.290. The van der Waals surface area contributed by atoms with Crippen LogP contribution in [-0.2, 0) is 19.4 Å². The van der Waals surface area contributed by atoms with Gasteiger partial charge in [0.15, 0.2) is 0 Å². The van der Waals surface area contributed by atoms with Gasteiger partial charge >= 0.3 is 0 Å². The average Bonchev–Trinajstić information content (AvgIpc) is 3.21. The van der Waals surface area contributed by atoms with E-state index in [-0.39, 0.29) is 6.10 Å². The fourth-order valence-corrected chi connectivity index (χ4v) is 4.66. The van der Waals surface area contributed by atoms with E-state index in [2.05, 4.69) is 64.5 Å².